The van der Waals surface area contributed by atoms with E-state index in [2.05, 4.69) is 4.74 Å². The van der Waals surface area contributed by atoms with Gasteiger partial charge in [0.15, 0.2) is 5.75 Å². The highest BCUT2D eigenvalue weighted by atomic mass is 19.2. The number of ether oxygens (including phenoxy) is 1. The monoisotopic (exact) mass is 242 g/mol. The van der Waals surface area contributed by atoms with Crippen molar-refractivity contribution >= 4 is 0 Å². The molecule has 0 fully saturated rings. The van der Waals surface area contributed by atoms with E-state index in [4.69, 9.17) is 5.11 Å². The van der Waals surface area contributed by atoms with E-state index >= 15 is 0 Å². The van der Waals surface area contributed by atoms with E-state index in [1.165, 1.54) is 6.92 Å². The normalized spacial score (nSPS) is 12.7. The lowest BCUT2D eigenvalue weighted by molar-refractivity contribution is 0.115. The maximum absolute atomic E-state index is 12.9. The lowest BCUT2D eigenvalue weighted by atomic mass is 10.2. The van der Waals surface area contributed by atoms with Crippen LogP contribution in [-0.2, 0) is 0 Å². The fourth-order valence-electron chi connectivity index (χ4n) is 0.915. The zero-order valence-electron chi connectivity index (χ0n) is 8.03. The topological polar surface area (TPSA) is 29.5 Å². The lowest BCUT2D eigenvalue weighted by Crippen LogP contribution is -2.16. The minimum atomic E-state index is -2.25. The third kappa shape index (κ3) is 2.24. The summed E-state index contributed by atoms with van der Waals surface area (Å²) in [6.45, 7) is 0.643. The van der Waals surface area contributed by atoms with Gasteiger partial charge in [-0.2, -0.15) is 8.78 Å². The number of aliphatic hydroxyl groups excluding tert-OH is 1. The summed E-state index contributed by atoms with van der Waals surface area (Å²) < 4.78 is 68.0. The Balaban J connectivity index is 3.18. The maximum Gasteiger partial charge on any atom is 0.206 e. The molecule has 1 aromatic carbocycles. The van der Waals surface area contributed by atoms with Crippen molar-refractivity contribution in [3.8, 4) is 5.75 Å². The molecule has 0 spiro atoms. The Hall–Kier alpha value is -1.37. The predicted molar refractivity (Wildman–Crippen MR) is 43.4 cm³/mol. The highest BCUT2D eigenvalue weighted by Crippen LogP contribution is 2.29. The molecule has 0 aliphatic heterocycles. The van der Waals surface area contributed by atoms with Gasteiger partial charge in [0.25, 0.3) is 0 Å². The molecule has 0 aliphatic carbocycles. The first-order chi connectivity index (χ1) is 7.36. The molecule has 0 saturated carbocycles. The van der Waals surface area contributed by atoms with Crippen LogP contribution in [0.3, 0.4) is 0 Å². The molecule has 0 aromatic heterocycles. The highest BCUT2D eigenvalue weighted by molar-refractivity contribution is 5.29. The number of hydrogen-bond acceptors (Lipinski definition) is 2. The van der Waals surface area contributed by atoms with Gasteiger partial charge >= 0.3 is 0 Å². The molecule has 7 heteroatoms. The fourth-order valence-corrected chi connectivity index (χ4v) is 0.915. The lowest BCUT2D eigenvalue weighted by Gasteiger charge is -2.11. The summed E-state index contributed by atoms with van der Waals surface area (Å²) in [5.74, 6) is -11.9. The molecule has 1 rings (SSSR count). The van der Waals surface area contributed by atoms with Crippen LogP contribution in [-0.4, -0.2) is 17.8 Å². The second-order valence-electron chi connectivity index (χ2n) is 3.06. The van der Waals surface area contributed by atoms with Crippen molar-refractivity contribution in [3.63, 3.8) is 0 Å². The molecule has 1 atom stereocenters. The third-order valence-electron chi connectivity index (χ3n) is 1.64. The number of rotatable bonds is 3. The van der Waals surface area contributed by atoms with E-state index in [1.807, 2.05) is 0 Å². The Bertz CT molecular complexity index is 376. The average Bonchev–Trinajstić information content (AvgIpc) is 2.23. The zero-order chi connectivity index (χ0) is 12.5. The molecular formula is C9H7F5O2. The Kier molecular flexibility index (Phi) is 3.69. The van der Waals surface area contributed by atoms with Crippen LogP contribution < -0.4 is 4.74 Å². The third-order valence-corrected chi connectivity index (χ3v) is 1.64. The van der Waals surface area contributed by atoms with Gasteiger partial charge in [0.2, 0.25) is 29.1 Å². The summed E-state index contributed by atoms with van der Waals surface area (Å²) in [7, 11) is 0. The van der Waals surface area contributed by atoms with Crippen LogP contribution in [0.25, 0.3) is 0 Å². The Morgan fingerprint density at radius 3 is 1.69 bits per heavy atom. The molecule has 1 aromatic rings. The van der Waals surface area contributed by atoms with Crippen LogP contribution in [0.4, 0.5) is 22.0 Å². The van der Waals surface area contributed by atoms with Gasteiger partial charge in [0.05, 0.1) is 6.10 Å². The van der Waals surface area contributed by atoms with Crippen LogP contribution in [0.15, 0.2) is 0 Å². The van der Waals surface area contributed by atoms with Gasteiger partial charge < -0.3 is 9.84 Å². The van der Waals surface area contributed by atoms with Gasteiger partial charge in [0, 0.05) is 0 Å². The van der Waals surface area contributed by atoms with Crippen LogP contribution >= 0.6 is 0 Å². The van der Waals surface area contributed by atoms with Gasteiger partial charge in [0.1, 0.15) is 6.61 Å². The van der Waals surface area contributed by atoms with Crippen molar-refractivity contribution in [3.05, 3.63) is 29.1 Å². The van der Waals surface area contributed by atoms with Gasteiger partial charge in [-0.1, -0.05) is 0 Å². The summed E-state index contributed by atoms with van der Waals surface area (Å²) in [6, 6.07) is 0. The molecule has 2 nitrogen and oxygen atoms in total. The zero-order valence-corrected chi connectivity index (χ0v) is 8.03. The van der Waals surface area contributed by atoms with Crippen LogP contribution in [0, 0.1) is 29.1 Å². The van der Waals surface area contributed by atoms with E-state index in [0.717, 1.165) is 0 Å². The summed E-state index contributed by atoms with van der Waals surface area (Å²) in [5.41, 5.74) is 0. The van der Waals surface area contributed by atoms with Crippen molar-refractivity contribution in [1.29, 1.82) is 0 Å². The Labute approximate surface area is 87.3 Å². The highest BCUT2D eigenvalue weighted by Gasteiger charge is 2.27. The molecule has 0 radical (unpaired) electrons. The van der Waals surface area contributed by atoms with Gasteiger partial charge in [-0.3, -0.25) is 0 Å². The first-order valence-electron chi connectivity index (χ1n) is 4.18. The van der Waals surface area contributed by atoms with Crippen molar-refractivity contribution in [1.82, 2.24) is 0 Å². The SMILES string of the molecule is C[C@H](O)COc1c(F)c(F)c(F)c(F)c1F. The summed E-state index contributed by atoms with van der Waals surface area (Å²) in [4.78, 5) is 0. The van der Waals surface area contributed by atoms with Gasteiger partial charge in [-0.25, -0.2) is 13.2 Å². The molecule has 0 amide bonds. The van der Waals surface area contributed by atoms with Crippen molar-refractivity contribution in [2.24, 2.45) is 0 Å². The van der Waals surface area contributed by atoms with Crippen LogP contribution in [0.1, 0.15) is 6.92 Å². The van der Waals surface area contributed by atoms with E-state index < -0.39 is 47.5 Å². The van der Waals surface area contributed by atoms with E-state index in [-0.39, 0.29) is 0 Å². The second-order valence-corrected chi connectivity index (χ2v) is 3.06. The largest absolute Gasteiger partial charge is 0.485 e. The fraction of sp³-hybridized carbons (Fsp3) is 0.333. The van der Waals surface area contributed by atoms with E-state index in [0.29, 0.717) is 0 Å². The quantitative estimate of drug-likeness (QED) is 0.500. The molecule has 0 unspecified atom stereocenters. The summed E-state index contributed by atoms with van der Waals surface area (Å²) in [5, 5.41) is 8.76. The van der Waals surface area contributed by atoms with Crippen molar-refractivity contribution in [2.75, 3.05) is 6.61 Å². The number of benzene rings is 1. The molecule has 0 aliphatic rings. The Morgan fingerprint density at radius 2 is 1.31 bits per heavy atom. The molecule has 0 saturated heterocycles. The number of aliphatic hydroxyl groups is 1. The van der Waals surface area contributed by atoms with E-state index in [9.17, 15) is 22.0 Å². The molecule has 1 N–H and O–H groups in total. The van der Waals surface area contributed by atoms with E-state index in [1.54, 1.807) is 0 Å². The van der Waals surface area contributed by atoms with Crippen molar-refractivity contribution in [2.45, 2.75) is 13.0 Å². The second kappa shape index (κ2) is 4.65. The number of halogens is 5. The summed E-state index contributed by atoms with van der Waals surface area (Å²) in [6.07, 6.45) is -1.10. The molecule has 16 heavy (non-hydrogen) atoms. The van der Waals surface area contributed by atoms with Gasteiger partial charge in [-0.15, -0.1) is 0 Å². The maximum atomic E-state index is 12.9. The molecule has 0 heterocycles. The molecule has 90 valence electrons. The first-order valence-corrected chi connectivity index (χ1v) is 4.18. The predicted octanol–water partition coefficient (Wildman–Crippen LogP) is 2.14. The Morgan fingerprint density at radius 1 is 0.938 bits per heavy atom. The molecule has 0 bridgehead atoms. The minimum absolute atomic E-state index is 0.585. The van der Waals surface area contributed by atoms with Crippen LogP contribution in [0.2, 0.25) is 0 Å². The smallest absolute Gasteiger partial charge is 0.206 e. The average molecular weight is 242 g/mol. The first kappa shape index (κ1) is 12.7. The standard InChI is InChI=1S/C9H7F5O2/c1-3(15)2-16-9-7(13)5(11)4(10)6(12)8(9)14/h3,15H,2H2,1H3/t3-/m0/s1. The number of hydrogen-bond donors (Lipinski definition) is 1. The van der Waals surface area contributed by atoms with Crippen LogP contribution in [0.5, 0.6) is 5.75 Å². The summed E-state index contributed by atoms with van der Waals surface area (Å²) >= 11 is 0. The van der Waals surface area contributed by atoms with Crippen molar-refractivity contribution < 1.29 is 31.8 Å². The minimum Gasteiger partial charge on any atom is -0.485 e. The molecular weight excluding hydrogens is 235 g/mol. The van der Waals surface area contributed by atoms with Gasteiger partial charge in [-0.05, 0) is 6.92 Å².